The van der Waals surface area contributed by atoms with Crippen LogP contribution in [0.2, 0.25) is 0 Å². The van der Waals surface area contributed by atoms with Crippen molar-refractivity contribution in [3.05, 3.63) is 12.2 Å². The summed E-state index contributed by atoms with van der Waals surface area (Å²) in [4.78, 5) is 14.4. The predicted molar refractivity (Wildman–Crippen MR) is 42.9 cm³/mol. The third-order valence-corrected chi connectivity index (χ3v) is 1.62. The second-order valence-electron chi connectivity index (χ2n) is 3.12. The van der Waals surface area contributed by atoms with E-state index in [-0.39, 0.29) is 6.54 Å². The molecule has 0 bridgehead atoms. The molecule has 0 aliphatic carbocycles. The van der Waals surface area contributed by atoms with Crippen LogP contribution in [-0.4, -0.2) is 26.8 Å². The lowest BCUT2D eigenvalue weighted by Crippen LogP contribution is -2.46. The Morgan fingerprint density at radius 3 is 2.92 bits per heavy atom. The van der Waals surface area contributed by atoms with E-state index in [9.17, 15) is 4.79 Å². The Kier molecular flexibility index (Phi) is 2.62. The molecule has 1 aromatic heterocycles. The third kappa shape index (κ3) is 2.51. The van der Waals surface area contributed by atoms with E-state index in [4.69, 9.17) is 9.63 Å². The van der Waals surface area contributed by atoms with Gasteiger partial charge in [-0.25, -0.2) is 0 Å². The zero-order chi connectivity index (χ0) is 9.90. The average Bonchev–Trinajstić information content (AvgIpc) is 2.52. The molecular formula is C7H11N3O3. The summed E-state index contributed by atoms with van der Waals surface area (Å²) in [7, 11) is 0. The highest BCUT2D eigenvalue weighted by atomic mass is 16.5. The molecule has 0 unspecified atom stereocenters. The van der Waals surface area contributed by atoms with Gasteiger partial charge in [-0.15, -0.1) is 0 Å². The molecule has 2 N–H and O–H groups in total. The Morgan fingerprint density at radius 1 is 1.77 bits per heavy atom. The van der Waals surface area contributed by atoms with Gasteiger partial charge in [0, 0.05) is 0 Å². The number of hydrogen-bond acceptors (Lipinski definition) is 5. The second kappa shape index (κ2) is 3.53. The molecule has 1 aromatic rings. The van der Waals surface area contributed by atoms with Gasteiger partial charge in [0.25, 0.3) is 0 Å². The molecule has 0 radical (unpaired) electrons. The fraction of sp³-hybridized carbons (Fsp3) is 0.571. The Hall–Kier alpha value is -1.43. The van der Waals surface area contributed by atoms with Crippen LogP contribution in [0.25, 0.3) is 0 Å². The van der Waals surface area contributed by atoms with Gasteiger partial charge in [0.15, 0.2) is 6.33 Å². The summed E-state index contributed by atoms with van der Waals surface area (Å²) in [5, 5.41) is 14.9. The van der Waals surface area contributed by atoms with Gasteiger partial charge in [-0.3, -0.25) is 10.1 Å². The first-order valence-corrected chi connectivity index (χ1v) is 3.76. The number of aromatic nitrogens is 2. The van der Waals surface area contributed by atoms with Crippen LogP contribution in [0.5, 0.6) is 0 Å². The van der Waals surface area contributed by atoms with Crippen molar-refractivity contribution < 1.29 is 14.4 Å². The van der Waals surface area contributed by atoms with Crippen LogP contribution in [-0.2, 0) is 11.3 Å². The standard InChI is InChI=1S/C7H11N3O3/c1-7(2,6(11)12)9-3-5-8-4-10-13-5/h4,9H,3H2,1-2H3,(H,11,12). The summed E-state index contributed by atoms with van der Waals surface area (Å²) in [6.07, 6.45) is 1.27. The number of nitrogens with one attached hydrogen (secondary N) is 1. The number of aliphatic carboxylic acids is 1. The van der Waals surface area contributed by atoms with E-state index >= 15 is 0 Å². The topological polar surface area (TPSA) is 88.3 Å². The summed E-state index contributed by atoms with van der Waals surface area (Å²) < 4.78 is 4.69. The molecule has 0 spiro atoms. The van der Waals surface area contributed by atoms with Crippen LogP contribution in [0, 0.1) is 0 Å². The van der Waals surface area contributed by atoms with Gasteiger partial charge in [-0.1, -0.05) is 5.16 Å². The zero-order valence-electron chi connectivity index (χ0n) is 7.44. The maximum atomic E-state index is 10.7. The molecule has 6 heteroatoms. The first-order chi connectivity index (χ1) is 6.02. The van der Waals surface area contributed by atoms with Crippen molar-refractivity contribution in [2.24, 2.45) is 0 Å². The zero-order valence-corrected chi connectivity index (χ0v) is 7.44. The second-order valence-corrected chi connectivity index (χ2v) is 3.12. The van der Waals surface area contributed by atoms with Gasteiger partial charge in [0.1, 0.15) is 5.54 Å². The van der Waals surface area contributed by atoms with Crippen molar-refractivity contribution in [1.82, 2.24) is 15.5 Å². The van der Waals surface area contributed by atoms with Crippen molar-refractivity contribution in [3.63, 3.8) is 0 Å². The van der Waals surface area contributed by atoms with Gasteiger partial charge in [0.05, 0.1) is 6.54 Å². The predicted octanol–water partition coefficient (Wildman–Crippen LogP) is 0.0224. The normalized spacial score (nSPS) is 11.5. The van der Waals surface area contributed by atoms with Crippen molar-refractivity contribution in [2.75, 3.05) is 0 Å². The third-order valence-electron chi connectivity index (χ3n) is 1.62. The number of hydrogen-bond donors (Lipinski definition) is 2. The number of nitrogens with zero attached hydrogens (tertiary/aromatic N) is 2. The molecule has 0 aliphatic heterocycles. The van der Waals surface area contributed by atoms with Crippen LogP contribution >= 0.6 is 0 Å². The largest absolute Gasteiger partial charge is 0.480 e. The molecule has 0 saturated carbocycles. The summed E-state index contributed by atoms with van der Waals surface area (Å²) in [5.41, 5.74) is -0.992. The summed E-state index contributed by atoms with van der Waals surface area (Å²) in [6, 6.07) is 0. The molecule has 0 fully saturated rings. The van der Waals surface area contributed by atoms with Crippen LogP contribution in [0.3, 0.4) is 0 Å². The van der Waals surface area contributed by atoms with Gasteiger partial charge >= 0.3 is 5.97 Å². The first kappa shape index (κ1) is 9.66. The molecule has 0 aromatic carbocycles. The summed E-state index contributed by atoms with van der Waals surface area (Å²) >= 11 is 0. The lowest BCUT2D eigenvalue weighted by atomic mass is 10.1. The lowest BCUT2D eigenvalue weighted by molar-refractivity contribution is -0.143. The highest BCUT2D eigenvalue weighted by Crippen LogP contribution is 2.03. The van der Waals surface area contributed by atoms with Crippen molar-refractivity contribution >= 4 is 5.97 Å². The smallest absolute Gasteiger partial charge is 0.323 e. The molecule has 0 atom stereocenters. The Morgan fingerprint density at radius 2 is 2.46 bits per heavy atom. The molecule has 6 nitrogen and oxygen atoms in total. The number of rotatable bonds is 4. The molecule has 72 valence electrons. The molecular weight excluding hydrogens is 174 g/mol. The van der Waals surface area contributed by atoms with Gasteiger partial charge in [-0.2, -0.15) is 4.98 Å². The SMILES string of the molecule is CC(C)(NCc1ncno1)C(=O)O. The summed E-state index contributed by atoms with van der Waals surface area (Å²) in [5.74, 6) is -0.554. The molecule has 0 aliphatic rings. The molecule has 1 heterocycles. The van der Waals surface area contributed by atoms with Crippen LogP contribution in [0.1, 0.15) is 19.7 Å². The minimum absolute atomic E-state index is 0.249. The fourth-order valence-corrected chi connectivity index (χ4v) is 0.646. The minimum atomic E-state index is -0.992. The van der Waals surface area contributed by atoms with Crippen molar-refractivity contribution in [2.45, 2.75) is 25.9 Å². The van der Waals surface area contributed by atoms with E-state index in [1.807, 2.05) is 0 Å². The Balaban J connectivity index is 2.47. The number of carbonyl (C=O) groups is 1. The van der Waals surface area contributed by atoms with Crippen molar-refractivity contribution in [1.29, 1.82) is 0 Å². The summed E-state index contributed by atoms with van der Waals surface area (Å²) in [6.45, 7) is 3.37. The molecule has 1 rings (SSSR count). The number of carboxylic acids is 1. The molecule has 0 saturated heterocycles. The fourth-order valence-electron chi connectivity index (χ4n) is 0.646. The van der Waals surface area contributed by atoms with E-state index in [1.165, 1.54) is 6.33 Å². The van der Waals surface area contributed by atoms with E-state index < -0.39 is 11.5 Å². The van der Waals surface area contributed by atoms with Crippen LogP contribution < -0.4 is 5.32 Å². The molecule has 13 heavy (non-hydrogen) atoms. The Bertz CT molecular complexity index is 281. The lowest BCUT2D eigenvalue weighted by Gasteiger charge is -2.19. The van der Waals surface area contributed by atoms with Crippen LogP contribution in [0.15, 0.2) is 10.9 Å². The van der Waals surface area contributed by atoms with Gasteiger partial charge in [-0.05, 0) is 13.8 Å². The van der Waals surface area contributed by atoms with Gasteiger partial charge < -0.3 is 9.63 Å². The molecule has 0 amide bonds. The quantitative estimate of drug-likeness (QED) is 0.687. The Labute approximate surface area is 74.9 Å². The van der Waals surface area contributed by atoms with E-state index in [0.717, 1.165) is 0 Å². The van der Waals surface area contributed by atoms with Crippen LogP contribution in [0.4, 0.5) is 0 Å². The average molecular weight is 185 g/mol. The van der Waals surface area contributed by atoms with E-state index in [2.05, 4.69) is 15.5 Å². The van der Waals surface area contributed by atoms with E-state index in [0.29, 0.717) is 5.89 Å². The van der Waals surface area contributed by atoms with E-state index in [1.54, 1.807) is 13.8 Å². The number of carboxylic acid groups (broad SMARTS) is 1. The van der Waals surface area contributed by atoms with Crippen molar-refractivity contribution in [3.8, 4) is 0 Å². The monoisotopic (exact) mass is 185 g/mol. The highest BCUT2D eigenvalue weighted by Gasteiger charge is 2.26. The first-order valence-electron chi connectivity index (χ1n) is 3.76. The highest BCUT2D eigenvalue weighted by molar-refractivity contribution is 5.77. The maximum absolute atomic E-state index is 10.7. The maximum Gasteiger partial charge on any atom is 0.323 e. The van der Waals surface area contributed by atoms with Gasteiger partial charge in [0.2, 0.25) is 5.89 Å². The minimum Gasteiger partial charge on any atom is -0.480 e.